The molecule has 6 heteroatoms. The fourth-order valence-electron chi connectivity index (χ4n) is 1.41. The normalized spacial score (nSPS) is 12.6. The van der Waals surface area contributed by atoms with Gasteiger partial charge < -0.3 is 15.1 Å². The van der Waals surface area contributed by atoms with Gasteiger partial charge in [-0.25, -0.2) is 0 Å². The molecule has 0 aliphatic heterocycles. The SMILES string of the molecule is CCNCc1nnc(NC(C)c2ccsc2)o1. The highest BCUT2D eigenvalue weighted by Crippen LogP contribution is 2.20. The fraction of sp³-hybridized carbons (Fsp3) is 0.455. The molecule has 17 heavy (non-hydrogen) atoms. The standard InChI is InChI=1S/C11H16N4OS/c1-3-12-6-10-14-15-11(16-10)13-8(2)9-4-5-17-7-9/h4-5,7-8,12H,3,6H2,1-2H3,(H,13,15). The molecule has 5 nitrogen and oxygen atoms in total. The van der Waals surface area contributed by atoms with Crippen LogP contribution in [0, 0.1) is 0 Å². The lowest BCUT2D eigenvalue weighted by atomic mass is 10.2. The summed E-state index contributed by atoms with van der Waals surface area (Å²) in [6, 6.07) is 2.73. The maximum absolute atomic E-state index is 5.46. The van der Waals surface area contributed by atoms with Gasteiger partial charge in [0.1, 0.15) is 0 Å². The molecule has 0 saturated heterocycles. The fourth-order valence-corrected chi connectivity index (χ4v) is 2.16. The highest BCUT2D eigenvalue weighted by Gasteiger charge is 2.10. The second-order valence-electron chi connectivity index (χ2n) is 3.70. The number of nitrogens with zero attached hydrogens (tertiary/aromatic N) is 2. The van der Waals surface area contributed by atoms with E-state index in [0.29, 0.717) is 18.5 Å². The quantitative estimate of drug-likeness (QED) is 0.826. The molecule has 92 valence electrons. The number of aromatic nitrogens is 2. The van der Waals surface area contributed by atoms with Crippen LogP contribution in [-0.2, 0) is 6.54 Å². The average molecular weight is 252 g/mol. The number of nitrogens with one attached hydrogen (secondary N) is 2. The summed E-state index contributed by atoms with van der Waals surface area (Å²) in [5, 5.41) is 18.4. The topological polar surface area (TPSA) is 63.0 Å². The number of thiophene rings is 1. The maximum Gasteiger partial charge on any atom is 0.315 e. The van der Waals surface area contributed by atoms with Crippen molar-refractivity contribution in [2.75, 3.05) is 11.9 Å². The number of anilines is 1. The Morgan fingerprint density at radius 1 is 1.47 bits per heavy atom. The first-order chi connectivity index (χ1) is 8.29. The van der Waals surface area contributed by atoms with Crippen molar-refractivity contribution < 1.29 is 4.42 Å². The molecule has 2 rings (SSSR count). The molecule has 0 aromatic carbocycles. The van der Waals surface area contributed by atoms with Crippen molar-refractivity contribution in [3.63, 3.8) is 0 Å². The zero-order valence-corrected chi connectivity index (χ0v) is 10.8. The Morgan fingerprint density at radius 2 is 2.35 bits per heavy atom. The molecule has 2 N–H and O–H groups in total. The molecular formula is C11H16N4OS. The van der Waals surface area contributed by atoms with Crippen LogP contribution in [0.4, 0.5) is 6.01 Å². The first-order valence-corrected chi connectivity index (χ1v) is 6.55. The van der Waals surface area contributed by atoms with E-state index in [1.54, 1.807) is 11.3 Å². The van der Waals surface area contributed by atoms with Crippen molar-refractivity contribution in [3.8, 4) is 0 Å². The second-order valence-corrected chi connectivity index (χ2v) is 4.48. The Morgan fingerprint density at radius 3 is 3.06 bits per heavy atom. The van der Waals surface area contributed by atoms with Crippen LogP contribution in [0.3, 0.4) is 0 Å². The molecule has 1 unspecified atom stereocenters. The van der Waals surface area contributed by atoms with E-state index in [1.165, 1.54) is 5.56 Å². The third-order valence-corrected chi connectivity index (χ3v) is 3.08. The van der Waals surface area contributed by atoms with Gasteiger partial charge in [-0.1, -0.05) is 12.0 Å². The van der Waals surface area contributed by atoms with Crippen LogP contribution in [0.25, 0.3) is 0 Å². The summed E-state index contributed by atoms with van der Waals surface area (Å²) >= 11 is 1.68. The van der Waals surface area contributed by atoms with Crippen LogP contribution in [0.5, 0.6) is 0 Å². The smallest absolute Gasteiger partial charge is 0.315 e. The Balaban J connectivity index is 1.92. The van der Waals surface area contributed by atoms with Gasteiger partial charge in [-0.3, -0.25) is 0 Å². The third-order valence-electron chi connectivity index (χ3n) is 2.38. The molecule has 0 saturated carbocycles. The minimum Gasteiger partial charge on any atom is -0.407 e. The minimum atomic E-state index is 0.175. The molecule has 0 amide bonds. The lowest BCUT2D eigenvalue weighted by Crippen LogP contribution is -2.11. The van der Waals surface area contributed by atoms with Crippen LogP contribution in [0.2, 0.25) is 0 Å². The van der Waals surface area contributed by atoms with Crippen LogP contribution >= 0.6 is 11.3 Å². The van der Waals surface area contributed by atoms with Gasteiger partial charge in [0, 0.05) is 0 Å². The van der Waals surface area contributed by atoms with Crippen LogP contribution in [-0.4, -0.2) is 16.7 Å². The van der Waals surface area contributed by atoms with E-state index in [0.717, 1.165) is 6.54 Å². The monoisotopic (exact) mass is 252 g/mol. The van der Waals surface area contributed by atoms with Gasteiger partial charge in [0.2, 0.25) is 5.89 Å². The summed E-state index contributed by atoms with van der Waals surface area (Å²) in [6.45, 7) is 5.60. The molecule has 2 heterocycles. The summed E-state index contributed by atoms with van der Waals surface area (Å²) in [7, 11) is 0. The average Bonchev–Trinajstić information content (AvgIpc) is 2.97. The number of hydrogen-bond donors (Lipinski definition) is 2. The van der Waals surface area contributed by atoms with Crippen LogP contribution in [0.15, 0.2) is 21.2 Å². The molecule has 0 spiro atoms. The zero-order valence-electron chi connectivity index (χ0n) is 9.93. The first kappa shape index (κ1) is 12.1. The number of hydrogen-bond acceptors (Lipinski definition) is 6. The molecule has 0 aliphatic carbocycles. The second kappa shape index (κ2) is 5.79. The summed E-state index contributed by atoms with van der Waals surface area (Å²) in [5.41, 5.74) is 1.22. The van der Waals surface area contributed by atoms with Crippen LogP contribution in [0.1, 0.15) is 31.3 Å². The molecule has 1 atom stereocenters. The molecule has 0 aliphatic rings. The van der Waals surface area contributed by atoms with Gasteiger partial charge in [-0.05, 0) is 35.9 Å². The third kappa shape index (κ3) is 3.28. The van der Waals surface area contributed by atoms with Gasteiger partial charge in [0.15, 0.2) is 0 Å². The molecular weight excluding hydrogens is 236 g/mol. The Labute approximate surface area is 104 Å². The van der Waals surface area contributed by atoms with Crippen molar-refractivity contribution >= 4 is 17.4 Å². The van der Waals surface area contributed by atoms with E-state index in [9.17, 15) is 0 Å². The van der Waals surface area contributed by atoms with Crippen molar-refractivity contribution in [2.45, 2.75) is 26.4 Å². The van der Waals surface area contributed by atoms with E-state index >= 15 is 0 Å². The maximum atomic E-state index is 5.46. The molecule has 2 aromatic heterocycles. The lowest BCUT2D eigenvalue weighted by molar-refractivity contribution is 0.478. The zero-order chi connectivity index (χ0) is 12.1. The Hall–Kier alpha value is -1.40. The van der Waals surface area contributed by atoms with Crippen molar-refractivity contribution in [3.05, 3.63) is 28.3 Å². The van der Waals surface area contributed by atoms with Crippen LogP contribution < -0.4 is 10.6 Å². The lowest BCUT2D eigenvalue weighted by Gasteiger charge is -2.09. The van der Waals surface area contributed by atoms with Gasteiger partial charge in [-0.2, -0.15) is 11.3 Å². The summed E-state index contributed by atoms with van der Waals surface area (Å²) < 4.78 is 5.46. The van der Waals surface area contributed by atoms with E-state index in [1.807, 2.05) is 6.92 Å². The summed E-state index contributed by atoms with van der Waals surface area (Å²) in [6.07, 6.45) is 0. The van der Waals surface area contributed by atoms with Gasteiger partial charge in [0.25, 0.3) is 0 Å². The Kier molecular flexibility index (Phi) is 4.11. The molecule has 2 aromatic rings. The van der Waals surface area contributed by atoms with Gasteiger partial charge in [-0.15, -0.1) is 5.10 Å². The largest absolute Gasteiger partial charge is 0.407 e. The predicted molar refractivity (Wildman–Crippen MR) is 68.0 cm³/mol. The van der Waals surface area contributed by atoms with E-state index in [-0.39, 0.29) is 6.04 Å². The minimum absolute atomic E-state index is 0.175. The van der Waals surface area contributed by atoms with Crippen molar-refractivity contribution in [1.29, 1.82) is 0 Å². The van der Waals surface area contributed by atoms with E-state index in [4.69, 9.17) is 4.42 Å². The van der Waals surface area contributed by atoms with Crippen molar-refractivity contribution in [1.82, 2.24) is 15.5 Å². The highest BCUT2D eigenvalue weighted by atomic mass is 32.1. The van der Waals surface area contributed by atoms with Gasteiger partial charge in [0.05, 0.1) is 12.6 Å². The van der Waals surface area contributed by atoms with Crippen molar-refractivity contribution in [2.24, 2.45) is 0 Å². The first-order valence-electron chi connectivity index (χ1n) is 5.61. The predicted octanol–water partition coefficient (Wildman–Crippen LogP) is 2.41. The molecule has 0 radical (unpaired) electrons. The Bertz CT molecular complexity index is 440. The van der Waals surface area contributed by atoms with E-state index < -0.39 is 0 Å². The van der Waals surface area contributed by atoms with E-state index in [2.05, 4.69) is 44.6 Å². The van der Waals surface area contributed by atoms with Gasteiger partial charge >= 0.3 is 6.01 Å². The molecule has 0 fully saturated rings. The summed E-state index contributed by atoms with van der Waals surface area (Å²) in [4.78, 5) is 0. The molecule has 0 bridgehead atoms. The number of rotatable bonds is 6. The highest BCUT2D eigenvalue weighted by molar-refractivity contribution is 7.07. The summed E-state index contributed by atoms with van der Waals surface area (Å²) in [5.74, 6) is 0.604.